The van der Waals surface area contributed by atoms with E-state index in [0.717, 1.165) is 22.2 Å². The lowest BCUT2D eigenvalue weighted by Gasteiger charge is -2.29. The lowest BCUT2D eigenvalue weighted by molar-refractivity contribution is -0.116. The van der Waals surface area contributed by atoms with E-state index in [0.29, 0.717) is 6.04 Å². The average molecular weight is 346 g/mol. The van der Waals surface area contributed by atoms with E-state index < -0.39 is 0 Å². The molecule has 2 N–H and O–H groups in total. The zero-order valence-corrected chi connectivity index (χ0v) is 11.6. The van der Waals surface area contributed by atoms with Gasteiger partial charge in [-0.25, -0.2) is 9.97 Å². The number of halogens is 1. The standard InChI is InChI=1S/C11H15IN4O/c12-9-5-14-7-15-11(9)16(6-10(13)17)8-3-1-2-4-8/h5,7-8H,1-4,6H2,(H2,13,17). The molecular formula is C11H15IN4O. The first kappa shape index (κ1) is 12.5. The Morgan fingerprint density at radius 3 is 2.82 bits per heavy atom. The van der Waals surface area contributed by atoms with Crippen molar-refractivity contribution in [2.75, 3.05) is 11.4 Å². The Morgan fingerprint density at radius 1 is 1.53 bits per heavy atom. The van der Waals surface area contributed by atoms with Crippen molar-refractivity contribution in [1.82, 2.24) is 9.97 Å². The molecule has 1 aliphatic rings. The molecule has 1 heterocycles. The number of aromatic nitrogens is 2. The Balaban J connectivity index is 2.25. The molecule has 0 unspecified atom stereocenters. The summed E-state index contributed by atoms with van der Waals surface area (Å²) in [5, 5.41) is 0. The first-order chi connectivity index (χ1) is 8.18. The number of carbonyl (C=O) groups excluding carboxylic acids is 1. The molecule has 1 aromatic rings. The van der Waals surface area contributed by atoms with Crippen molar-refractivity contribution >= 4 is 34.3 Å². The summed E-state index contributed by atoms with van der Waals surface area (Å²) >= 11 is 2.19. The molecule has 0 saturated heterocycles. The number of primary amides is 1. The van der Waals surface area contributed by atoms with Crippen molar-refractivity contribution in [3.8, 4) is 0 Å². The largest absolute Gasteiger partial charge is 0.368 e. The van der Waals surface area contributed by atoms with Crippen molar-refractivity contribution < 1.29 is 4.79 Å². The number of rotatable bonds is 4. The van der Waals surface area contributed by atoms with Gasteiger partial charge < -0.3 is 10.6 Å². The molecule has 2 rings (SSSR count). The van der Waals surface area contributed by atoms with E-state index >= 15 is 0 Å². The van der Waals surface area contributed by atoms with Crippen LogP contribution in [0, 0.1) is 3.57 Å². The summed E-state index contributed by atoms with van der Waals surface area (Å²) in [5.41, 5.74) is 5.32. The fourth-order valence-electron chi connectivity index (χ4n) is 2.28. The summed E-state index contributed by atoms with van der Waals surface area (Å²) in [6.45, 7) is 0.234. The Bertz CT molecular complexity index is 406. The third-order valence-corrected chi connectivity index (χ3v) is 3.77. The van der Waals surface area contributed by atoms with Crippen LogP contribution in [0.5, 0.6) is 0 Å². The van der Waals surface area contributed by atoms with Gasteiger partial charge in [-0.1, -0.05) is 12.8 Å². The quantitative estimate of drug-likeness (QED) is 0.835. The highest BCUT2D eigenvalue weighted by molar-refractivity contribution is 14.1. The monoisotopic (exact) mass is 346 g/mol. The fraction of sp³-hybridized carbons (Fsp3) is 0.545. The summed E-state index contributed by atoms with van der Waals surface area (Å²) in [5.74, 6) is 0.512. The molecule has 0 atom stereocenters. The van der Waals surface area contributed by atoms with Crippen LogP contribution in [-0.4, -0.2) is 28.5 Å². The van der Waals surface area contributed by atoms with E-state index in [1.165, 1.54) is 19.2 Å². The first-order valence-corrected chi connectivity index (χ1v) is 6.77. The first-order valence-electron chi connectivity index (χ1n) is 5.69. The number of carbonyl (C=O) groups is 1. The van der Waals surface area contributed by atoms with Crippen LogP contribution < -0.4 is 10.6 Å². The molecule has 1 amide bonds. The third-order valence-electron chi connectivity index (χ3n) is 3.01. The summed E-state index contributed by atoms with van der Waals surface area (Å²) in [4.78, 5) is 21.5. The van der Waals surface area contributed by atoms with Gasteiger partial charge in [0.25, 0.3) is 0 Å². The maximum absolute atomic E-state index is 11.2. The fourth-order valence-corrected chi connectivity index (χ4v) is 2.89. The third kappa shape index (κ3) is 3.05. The smallest absolute Gasteiger partial charge is 0.237 e. The molecule has 5 nitrogen and oxygen atoms in total. The maximum atomic E-state index is 11.2. The Hall–Kier alpha value is -0.920. The van der Waals surface area contributed by atoms with Gasteiger partial charge in [0.05, 0.1) is 10.1 Å². The summed E-state index contributed by atoms with van der Waals surface area (Å²) in [7, 11) is 0. The van der Waals surface area contributed by atoms with Gasteiger partial charge >= 0.3 is 0 Å². The number of hydrogen-bond acceptors (Lipinski definition) is 4. The number of nitrogens with two attached hydrogens (primary N) is 1. The van der Waals surface area contributed by atoms with Gasteiger partial charge in [-0.3, -0.25) is 4.79 Å². The van der Waals surface area contributed by atoms with Crippen LogP contribution in [0.3, 0.4) is 0 Å². The predicted octanol–water partition coefficient (Wildman–Crippen LogP) is 1.32. The second kappa shape index (κ2) is 5.61. The molecule has 1 fully saturated rings. The topological polar surface area (TPSA) is 72.1 Å². The van der Waals surface area contributed by atoms with Gasteiger partial charge in [-0.2, -0.15) is 0 Å². The molecule has 0 aliphatic heterocycles. The molecule has 17 heavy (non-hydrogen) atoms. The molecule has 6 heteroatoms. The molecule has 0 radical (unpaired) electrons. The maximum Gasteiger partial charge on any atom is 0.237 e. The van der Waals surface area contributed by atoms with Crippen LogP contribution in [0.2, 0.25) is 0 Å². The number of hydrogen-bond donors (Lipinski definition) is 1. The Labute approximate surface area is 114 Å². The van der Waals surface area contributed by atoms with Crippen molar-refractivity contribution in [3.63, 3.8) is 0 Å². The van der Waals surface area contributed by atoms with Crippen molar-refractivity contribution in [2.24, 2.45) is 5.73 Å². The number of amides is 1. The van der Waals surface area contributed by atoms with Crippen LogP contribution in [-0.2, 0) is 4.79 Å². The molecule has 1 aliphatic carbocycles. The van der Waals surface area contributed by atoms with Crippen molar-refractivity contribution in [1.29, 1.82) is 0 Å². The van der Waals surface area contributed by atoms with Gasteiger partial charge in [0.2, 0.25) is 5.91 Å². The summed E-state index contributed by atoms with van der Waals surface area (Å²) in [6, 6.07) is 0.380. The second-order valence-corrected chi connectivity index (χ2v) is 5.39. The lowest BCUT2D eigenvalue weighted by atomic mass is 10.2. The van der Waals surface area contributed by atoms with Crippen LogP contribution >= 0.6 is 22.6 Å². The van der Waals surface area contributed by atoms with Crippen LogP contribution in [0.4, 0.5) is 5.82 Å². The highest BCUT2D eigenvalue weighted by Gasteiger charge is 2.26. The second-order valence-electron chi connectivity index (χ2n) is 4.23. The average Bonchev–Trinajstić information content (AvgIpc) is 2.80. The van der Waals surface area contributed by atoms with Gasteiger partial charge in [0, 0.05) is 12.2 Å². The zero-order chi connectivity index (χ0) is 12.3. The van der Waals surface area contributed by atoms with Crippen LogP contribution in [0.25, 0.3) is 0 Å². The molecule has 0 spiro atoms. The van der Waals surface area contributed by atoms with Gasteiger partial charge in [-0.15, -0.1) is 0 Å². The molecule has 0 bridgehead atoms. The summed E-state index contributed by atoms with van der Waals surface area (Å²) in [6.07, 6.45) is 7.90. The normalized spacial score (nSPS) is 16.1. The highest BCUT2D eigenvalue weighted by atomic mass is 127. The van der Waals surface area contributed by atoms with Crippen LogP contribution in [0.15, 0.2) is 12.5 Å². The van der Waals surface area contributed by atoms with Gasteiger partial charge in [0.15, 0.2) is 0 Å². The van der Waals surface area contributed by atoms with Crippen LogP contribution in [0.1, 0.15) is 25.7 Å². The van der Waals surface area contributed by atoms with E-state index in [-0.39, 0.29) is 12.5 Å². The van der Waals surface area contributed by atoms with Crippen molar-refractivity contribution in [3.05, 3.63) is 16.1 Å². The molecule has 1 aromatic heterocycles. The minimum absolute atomic E-state index is 0.234. The lowest BCUT2D eigenvalue weighted by Crippen LogP contribution is -2.41. The van der Waals surface area contributed by atoms with E-state index in [4.69, 9.17) is 5.73 Å². The summed E-state index contributed by atoms with van der Waals surface area (Å²) < 4.78 is 0.957. The van der Waals surface area contributed by atoms with E-state index in [9.17, 15) is 4.79 Å². The minimum atomic E-state index is -0.314. The molecular weight excluding hydrogens is 331 g/mol. The predicted molar refractivity (Wildman–Crippen MR) is 73.5 cm³/mol. The molecule has 1 saturated carbocycles. The van der Waals surface area contributed by atoms with Gasteiger partial charge in [-0.05, 0) is 35.4 Å². The number of anilines is 1. The SMILES string of the molecule is NC(=O)CN(c1ncncc1I)C1CCCC1. The molecule has 92 valence electrons. The Morgan fingerprint density at radius 2 is 2.24 bits per heavy atom. The minimum Gasteiger partial charge on any atom is -0.368 e. The zero-order valence-electron chi connectivity index (χ0n) is 9.47. The van der Waals surface area contributed by atoms with E-state index in [1.807, 2.05) is 4.90 Å². The number of nitrogens with zero attached hydrogens (tertiary/aromatic N) is 3. The highest BCUT2D eigenvalue weighted by Crippen LogP contribution is 2.28. The van der Waals surface area contributed by atoms with E-state index in [1.54, 1.807) is 6.20 Å². The Kier molecular flexibility index (Phi) is 4.14. The van der Waals surface area contributed by atoms with Crippen molar-refractivity contribution in [2.45, 2.75) is 31.7 Å². The van der Waals surface area contributed by atoms with E-state index in [2.05, 4.69) is 32.6 Å². The van der Waals surface area contributed by atoms with Gasteiger partial charge in [0.1, 0.15) is 12.1 Å². The molecule has 0 aromatic carbocycles.